The van der Waals surface area contributed by atoms with Gasteiger partial charge in [-0.2, -0.15) is 0 Å². The first-order valence-electron chi connectivity index (χ1n) is 7.53. The number of hydrogen-bond donors (Lipinski definition) is 0. The molecule has 3 rings (SSSR count). The van der Waals surface area contributed by atoms with Crippen molar-refractivity contribution >= 4 is 11.7 Å². The van der Waals surface area contributed by atoms with E-state index in [0.29, 0.717) is 6.54 Å². The Balaban J connectivity index is 1.79. The van der Waals surface area contributed by atoms with Crippen molar-refractivity contribution < 1.29 is 9.59 Å². The summed E-state index contributed by atoms with van der Waals surface area (Å²) in [4.78, 5) is 28.8. The highest BCUT2D eigenvalue weighted by molar-refractivity contribution is 6.01. The van der Waals surface area contributed by atoms with Gasteiger partial charge in [0.25, 0.3) is 0 Å². The number of benzene rings is 1. The van der Waals surface area contributed by atoms with Gasteiger partial charge in [-0.3, -0.25) is 14.5 Å². The molecule has 2 fully saturated rings. The van der Waals surface area contributed by atoms with Crippen LogP contribution in [0.4, 0.5) is 0 Å². The summed E-state index contributed by atoms with van der Waals surface area (Å²) >= 11 is 0. The van der Waals surface area contributed by atoms with E-state index in [9.17, 15) is 9.59 Å². The highest BCUT2D eigenvalue weighted by atomic mass is 16.2. The normalized spacial score (nSPS) is 29.7. The van der Waals surface area contributed by atoms with E-state index in [1.165, 1.54) is 0 Å². The van der Waals surface area contributed by atoms with Crippen molar-refractivity contribution in [2.24, 2.45) is 5.92 Å². The number of Topliss-reactive ketones (excluding diaryl/α,β-unsaturated/α-hetero) is 1. The standard InChI is InChI=1S/C17H22N2O2/c1-11(2)15(20)13-14-16(21)18(17(3,4)19(13)14)10-12-8-6-5-7-9-12/h5-9,11,13-14H,10H2,1-4H3/t13-,14+,19?/m1/s1. The predicted molar refractivity (Wildman–Crippen MR) is 80.3 cm³/mol. The van der Waals surface area contributed by atoms with Gasteiger partial charge in [0, 0.05) is 12.5 Å². The fourth-order valence-electron chi connectivity index (χ4n) is 3.41. The highest BCUT2D eigenvalue weighted by Gasteiger charge is 2.70. The van der Waals surface area contributed by atoms with Crippen LogP contribution in [0.1, 0.15) is 33.3 Å². The van der Waals surface area contributed by atoms with Crippen LogP contribution in [0.15, 0.2) is 30.3 Å². The maximum absolute atomic E-state index is 12.6. The van der Waals surface area contributed by atoms with Crippen LogP contribution in [0.3, 0.4) is 0 Å². The first-order chi connectivity index (χ1) is 9.85. The fraction of sp³-hybridized carbons (Fsp3) is 0.529. The Hall–Kier alpha value is -1.68. The number of amides is 1. The maximum atomic E-state index is 12.6. The second-order valence-electron chi connectivity index (χ2n) is 6.76. The average Bonchev–Trinajstić information content (AvgIpc) is 3.16. The van der Waals surface area contributed by atoms with Crippen molar-refractivity contribution in [2.45, 2.75) is 52.0 Å². The van der Waals surface area contributed by atoms with Crippen molar-refractivity contribution in [2.75, 3.05) is 0 Å². The minimum atomic E-state index is -0.396. The average molecular weight is 286 g/mol. The molecular formula is C17H22N2O2. The molecule has 21 heavy (non-hydrogen) atoms. The van der Waals surface area contributed by atoms with Crippen LogP contribution in [0, 0.1) is 5.92 Å². The molecule has 1 aromatic carbocycles. The Morgan fingerprint density at radius 2 is 1.86 bits per heavy atom. The van der Waals surface area contributed by atoms with Crippen molar-refractivity contribution in [3.63, 3.8) is 0 Å². The topological polar surface area (TPSA) is 40.4 Å². The summed E-state index contributed by atoms with van der Waals surface area (Å²) in [6, 6.07) is 9.54. The summed E-state index contributed by atoms with van der Waals surface area (Å²) in [7, 11) is 0. The van der Waals surface area contributed by atoms with Gasteiger partial charge in [0.2, 0.25) is 5.91 Å². The van der Waals surface area contributed by atoms with E-state index in [0.717, 1.165) is 5.56 Å². The SMILES string of the molecule is CC(C)C(=O)[C@H]1[C@H]2C(=O)N(Cc3ccccc3)C(C)(C)N21. The molecule has 0 radical (unpaired) electrons. The highest BCUT2D eigenvalue weighted by Crippen LogP contribution is 2.48. The van der Waals surface area contributed by atoms with Crippen LogP contribution in [0.5, 0.6) is 0 Å². The number of carbonyl (C=O) groups excluding carboxylic acids is 2. The zero-order chi connectivity index (χ0) is 15.4. The Morgan fingerprint density at radius 1 is 1.24 bits per heavy atom. The number of fused-ring (bicyclic) bond motifs is 1. The summed E-state index contributed by atoms with van der Waals surface area (Å²) in [5, 5.41) is 0. The van der Waals surface area contributed by atoms with Gasteiger partial charge in [0.15, 0.2) is 5.78 Å². The van der Waals surface area contributed by atoms with Gasteiger partial charge >= 0.3 is 0 Å². The van der Waals surface area contributed by atoms with Gasteiger partial charge in [-0.1, -0.05) is 44.2 Å². The molecule has 2 aliphatic rings. The molecule has 2 aliphatic heterocycles. The molecule has 0 N–H and O–H groups in total. The summed E-state index contributed by atoms with van der Waals surface area (Å²) < 4.78 is 0. The molecule has 4 nitrogen and oxygen atoms in total. The molecule has 0 aliphatic carbocycles. The molecular weight excluding hydrogens is 264 g/mol. The lowest BCUT2D eigenvalue weighted by molar-refractivity contribution is -0.136. The van der Waals surface area contributed by atoms with Crippen LogP contribution >= 0.6 is 0 Å². The lowest BCUT2D eigenvalue weighted by Gasteiger charge is -2.36. The van der Waals surface area contributed by atoms with Gasteiger partial charge in [0.05, 0.1) is 11.7 Å². The van der Waals surface area contributed by atoms with E-state index < -0.39 is 5.66 Å². The molecule has 0 spiro atoms. The minimum Gasteiger partial charge on any atom is -0.319 e. The Bertz CT molecular complexity index is 580. The molecule has 1 aromatic rings. The molecule has 1 unspecified atom stereocenters. The predicted octanol–water partition coefficient (Wildman–Crippen LogP) is 2.04. The van der Waals surface area contributed by atoms with Crippen molar-refractivity contribution in [1.82, 2.24) is 9.80 Å². The second kappa shape index (κ2) is 4.67. The van der Waals surface area contributed by atoms with Gasteiger partial charge in [-0.05, 0) is 19.4 Å². The first-order valence-corrected chi connectivity index (χ1v) is 7.53. The smallest absolute Gasteiger partial charge is 0.243 e. The van der Waals surface area contributed by atoms with Crippen LogP contribution in [0.2, 0.25) is 0 Å². The molecule has 112 valence electrons. The molecule has 4 heteroatoms. The third kappa shape index (κ3) is 2.09. The van der Waals surface area contributed by atoms with E-state index >= 15 is 0 Å². The van der Waals surface area contributed by atoms with Crippen molar-refractivity contribution in [3.05, 3.63) is 35.9 Å². The van der Waals surface area contributed by atoms with E-state index in [2.05, 4.69) is 4.90 Å². The lowest BCUT2D eigenvalue weighted by Crippen LogP contribution is -2.50. The molecule has 0 saturated carbocycles. The maximum Gasteiger partial charge on any atom is 0.243 e. The summed E-state index contributed by atoms with van der Waals surface area (Å²) in [5.41, 5.74) is 0.723. The summed E-state index contributed by atoms with van der Waals surface area (Å²) in [5.74, 6) is 0.246. The fourth-order valence-corrected chi connectivity index (χ4v) is 3.41. The number of rotatable bonds is 4. The van der Waals surface area contributed by atoms with Gasteiger partial charge in [-0.15, -0.1) is 0 Å². The molecule has 0 aromatic heterocycles. The number of carbonyl (C=O) groups is 2. The van der Waals surface area contributed by atoms with Crippen LogP contribution in [0.25, 0.3) is 0 Å². The van der Waals surface area contributed by atoms with Crippen LogP contribution in [-0.4, -0.2) is 39.2 Å². The van der Waals surface area contributed by atoms with E-state index in [1.807, 2.05) is 62.9 Å². The van der Waals surface area contributed by atoms with Crippen LogP contribution in [-0.2, 0) is 16.1 Å². The third-order valence-electron chi connectivity index (χ3n) is 4.66. The molecule has 3 atom stereocenters. The number of nitrogens with zero attached hydrogens (tertiary/aromatic N) is 2. The van der Waals surface area contributed by atoms with Gasteiger partial charge in [0.1, 0.15) is 6.04 Å². The monoisotopic (exact) mass is 286 g/mol. The van der Waals surface area contributed by atoms with Crippen molar-refractivity contribution in [1.29, 1.82) is 0 Å². The third-order valence-corrected chi connectivity index (χ3v) is 4.66. The first kappa shape index (κ1) is 14.3. The zero-order valence-electron chi connectivity index (χ0n) is 13.0. The molecule has 0 bridgehead atoms. The van der Waals surface area contributed by atoms with Crippen LogP contribution < -0.4 is 0 Å². The quantitative estimate of drug-likeness (QED) is 0.795. The largest absolute Gasteiger partial charge is 0.319 e. The Morgan fingerprint density at radius 3 is 2.33 bits per heavy atom. The van der Waals surface area contributed by atoms with Crippen molar-refractivity contribution in [3.8, 4) is 0 Å². The number of ketones is 1. The van der Waals surface area contributed by atoms with E-state index in [-0.39, 0.29) is 29.7 Å². The Kier molecular flexibility index (Phi) is 3.17. The van der Waals surface area contributed by atoms with Gasteiger partial charge < -0.3 is 4.90 Å². The Labute approximate surface area is 125 Å². The van der Waals surface area contributed by atoms with Gasteiger partial charge in [-0.25, -0.2) is 0 Å². The molecule has 2 saturated heterocycles. The minimum absolute atomic E-state index is 0.0215. The van der Waals surface area contributed by atoms with E-state index in [1.54, 1.807) is 0 Å². The second-order valence-corrected chi connectivity index (χ2v) is 6.76. The summed E-state index contributed by atoms with van der Waals surface area (Å²) in [6.07, 6.45) is 0. The van der Waals surface area contributed by atoms with E-state index in [4.69, 9.17) is 0 Å². The number of hydrogen-bond acceptors (Lipinski definition) is 3. The summed E-state index contributed by atoms with van der Waals surface area (Å²) in [6.45, 7) is 8.46. The zero-order valence-corrected chi connectivity index (χ0v) is 13.0. The molecule has 1 amide bonds. The lowest BCUT2D eigenvalue weighted by atomic mass is 10.0. The molecule has 2 heterocycles.